The Bertz CT molecular complexity index is 317. The van der Waals surface area contributed by atoms with E-state index in [1.807, 2.05) is 0 Å². The van der Waals surface area contributed by atoms with Gasteiger partial charge in [0.1, 0.15) is 5.82 Å². The Morgan fingerprint density at radius 2 is 2.12 bits per heavy atom. The summed E-state index contributed by atoms with van der Waals surface area (Å²) in [6, 6.07) is 0. The molecule has 0 amide bonds. The molecule has 0 saturated heterocycles. The van der Waals surface area contributed by atoms with Crippen molar-refractivity contribution in [2.24, 2.45) is 5.92 Å². The van der Waals surface area contributed by atoms with E-state index in [0.717, 1.165) is 18.8 Å². The maximum atomic E-state index is 5.63. The van der Waals surface area contributed by atoms with Gasteiger partial charge in [0.25, 0.3) is 0 Å². The second-order valence-electron chi connectivity index (χ2n) is 4.37. The molecule has 0 bridgehead atoms. The molecule has 4 heteroatoms. The van der Waals surface area contributed by atoms with Gasteiger partial charge in [-0.05, 0) is 18.8 Å². The van der Waals surface area contributed by atoms with Crippen LogP contribution in [0.25, 0.3) is 0 Å². The fraction of sp³-hybridized carbons (Fsp3) is 0.692. The van der Waals surface area contributed by atoms with Crippen molar-refractivity contribution in [2.45, 2.75) is 40.0 Å². The Kier molecular flexibility index (Phi) is 6.37. The molecular formula is C13H23N3O. The molecular weight excluding hydrogens is 214 g/mol. The molecule has 1 atom stereocenters. The van der Waals surface area contributed by atoms with Crippen LogP contribution in [0.1, 0.15) is 40.0 Å². The van der Waals surface area contributed by atoms with Crippen molar-refractivity contribution >= 4 is 5.82 Å². The van der Waals surface area contributed by atoms with Crippen molar-refractivity contribution in [3.05, 3.63) is 12.4 Å². The minimum absolute atomic E-state index is 0.564. The van der Waals surface area contributed by atoms with Crippen LogP contribution in [0.4, 0.5) is 5.82 Å². The van der Waals surface area contributed by atoms with Crippen LogP contribution in [0.2, 0.25) is 0 Å². The molecule has 0 spiro atoms. The Morgan fingerprint density at radius 3 is 2.82 bits per heavy atom. The first kappa shape index (κ1) is 13.7. The third-order valence-electron chi connectivity index (χ3n) is 2.47. The summed E-state index contributed by atoms with van der Waals surface area (Å²) in [6.07, 6.45) is 6.82. The highest BCUT2D eigenvalue weighted by Gasteiger charge is 2.04. The van der Waals surface area contributed by atoms with Gasteiger partial charge in [-0.1, -0.05) is 27.2 Å². The number of aromatic nitrogens is 2. The zero-order valence-electron chi connectivity index (χ0n) is 11.1. The van der Waals surface area contributed by atoms with Crippen molar-refractivity contribution in [3.8, 4) is 5.88 Å². The molecule has 0 saturated carbocycles. The van der Waals surface area contributed by atoms with E-state index in [4.69, 9.17) is 4.74 Å². The maximum Gasteiger partial charge on any atom is 0.234 e. The number of ether oxygens (including phenoxy) is 1. The Hall–Kier alpha value is -1.32. The Morgan fingerprint density at radius 1 is 1.29 bits per heavy atom. The average Bonchev–Trinajstić information content (AvgIpc) is 2.35. The highest BCUT2D eigenvalue weighted by molar-refractivity contribution is 5.32. The van der Waals surface area contributed by atoms with E-state index in [1.165, 1.54) is 12.8 Å². The average molecular weight is 237 g/mol. The zero-order chi connectivity index (χ0) is 12.5. The highest BCUT2D eigenvalue weighted by atomic mass is 16.5. The summed E-state index contributed by atoms with van der Waals surface area (Å²) in [7, 11) is 0. The van der Waals surface area contributed by atoms with Crippen LogP contribution >= 0.6 is 0 Å². The van der Waals surface area contributed by atoms with Gasteiger partial charge in [-0.2, -0.15) is 4.98 Å². The van der Waals surface area contributed by atoms with Crippen LogP contribution in [0.15, 0.2) is 12.4 Å². The summed E-state index contributed by atoms with van der Waals surface area (Å²) in [4.78, 5) is 8.46. The predicted octanol–water partition coefficient (Wildman–Crippen LogP) is 3.11. The largest absolute Gasteiger partial charge is 0.476 e. The van der Waals surface area contributed by atoms with E-state index in [-0.39, 0.29) is 0 Å². The van der Waals surface area contributed by atoms with Crippen molar-refractivity contribution in [3.63, 3.8) is 0 Å². The SMILES string of the molecule is CCCNc1cncc(OCC(C)CCC)n1. The lowest BCUT2D eigenvalue weighted by Crippen LogP contribution is -2.10. The molecule has 0 aliphatic carbocycles. The first-order valence-electron chi connectivity index (χ1n) is 6.45. The van der Waals surface area contributed by atoms with E-state index in [9.17, 15) is 0 Å². The van der Waals surface area contributed by atoms with E-state index >= 15 is 0 Å². The maximum absolute atomic E-state index is 5.63. The molecule has 96 valence electrons. The lowest BCUT2D eigenvalue weighted by atomic mass is 10.1. The monoisotopic (exact) mass is 237 g/mol. The molecule has 1 heterocycles. The van der Waals surface area contributed by atoms with Crippen LogP contribution < -0.4 is 10.1 Å². The van der Waals surface area contributed by atoms with E-state index in [1.54, 1.807) is 12.4 Å². The number of nitrogens with zero attached hydrogens (tertiary/aromatic N) is 2. The molecule has 1 rings (SSSR count). The van der Waals surface area contributed by atoms with Crippen LogP contribution in [0.5, 0.6) is 5.88 Å². The van der Waals surface area contributed by atoms with Gasteiger partial charge in [-0.15, -0.1) is 0 Å². The molecule has 0 fully saturated rings. The summed E-state index contributed by atoms with van der Waals surface area (Å²) in [5, 5.41) is 3.19. The summed E-state index contributed by atoms with van der Waals surface area (Å²) in [6.45, 7) is 8.11. The van der Waals surface area contributed by atoms with Crippen LogP contribution in [0.3, 0.4) is 0 Å². The standard InChI is InChI=1S/C13H23N3O/c1-4-6-11(3)10-17-13-9-14-8-12(16-13)15-7-5-2/h8-9,11H,4-7,10H2,1-3H3,(H,15,16). The fourth-order valence-electron chi connectivity index (χ4n) is 1.56. The molecule has 0 aliphatic rings. The summed E-state index contributed by atoms with van der Waals surface area (Å²) in [5.74, 6) is 1.95. The quantitative estimate of drug-likeness (QED) is 0.754. The smallest absolute Gasteiger partial charge is 0.234 e. The van der Waals surface area contributed by atoms with Gasteiger partial charge in [0, 0.05) is 6.54 Å². The zero-order valence-corrected chi connectivity index (χ0v) is 11.1. The van der Waals surface area contributed by atoms with Gasteiger partial charge >= 0.3 is 0 Å². The van der Waals surface area contributed by atoms with Gasteiger partial charge in [-0.25, -0.2) is 0 Å². The van der Waals surface area contributed by atoms with Crippen molar-refractivity contribution < 1.29 is 4.74 Å². The van der Waals surface area contributed by atoms with Gasteiger partial charge in [-0.3, -0.25) is 4.98 Å². The lowest BCUT2D eigenvalue weighted by molar-refractivity contribution is 0.242. The Balaban J connectivity index is 2.42. The van der Waals surface area contributed by atoms with Crippen molar-refractivity contribution in [2.75, 3.05) is 18.5 Å². The number of rotatable bonds is 8. The summed E-state index contributed by atoms with van der Waals surface area (Å²) in [5.41, 5.74) is 0. The topological polar surface area (TPSA) is 47.0 Å². The molecule has 0 aromatic carbocycles. The second-order valence-corrected chi connectivity index (χ2v) is 4.37. The highest BCUT2D eigenvalue weighted by Crippen LogP contribution is 2.12. The van der Waals surface area contributed by atoms with Gasteiger partial charge in [0.15, 0.2) is 0 Å². The van der Waals surface area contributed by atoms with E-state index in [0.29, 0.717) is 18.4 Å². The molecule has 1 aromatic rings. The van der Waals surface area contributed by atoms with Gasteiger partial charge < -0.3 is 10.1 Å². The minimum Gasteiger partial charge on any atom is -0.476 e. The van der Waals surface area contributed by atoms with Crippen molar-refractivity contribution in [1.82, 2.24) is 9.97 Å². The molecule has 17 heavy (non-hydrogen) atoms. The van der Waals surface area contributed by atoms with E-state index < -0.39 is 0 Å². The molecule has 1 N–H and O–H groups in total. The summed E-state index contributed by atoms with van der Waals surface area (Å²) < 4.78 is 5.63. The second kappa shape index (κ2) is 7.87. The summed E-state index contributed by atoms with van der Waals surface area (Å²) >= 11 is 0. The first-order chi connectivity index (χ1) is 8.26. The van der Waals surface area contributed by atoms with Gasteiger partial charge in [0.05, 0.1) is 19.0 Å². The van der Waals surface area contributed by atoms with Crippen LogP contribution in [-0.4, -0.2) is 23.1 Å². The fourth-order valence-corrected chi connectivity index (χ4v) is 1.56. The third-order valence-corrected chi connectivity index (χ3v) is 2.47. The van der Waals surface area contributed by atoms with Gasteiger partial charge in [0.2, 0.25) is 5.88 Å². The molecule has 4 nitrogen and oxygen atoms in total. The number of hydrogen-bond donors (Lipinski definition) is 1. The molecule has 1 unspecified atom stereocenters. The normalized spacial score (nSPS) is 12.2. The number of hydrogen-bond acceptors (Lipinski definition) is 4. The lowest BCUT2D eigenvalue weighted by Gasteiger charge is -2.11. The first-order valence-corrected chi connectivity index (χ1v) is 6.45. The number of nitrogens with one attached hydrogen (secondary N) is 1. The minimum atomic E-state index is 0.564. The predicted molar refractivity (Wildman–Crippen MR) is 70.4 cm³/mol. The van der Waals surface area contributed by atoms with Crippen molar-refractivity contribution in [1.29, 1.82) is 0 Å². The van der Waals surface area contributed by atoms with Crippen LogP contribution in [-0.2, 0) is 0 Å². The Labute approximate surface area is 104 Å². The number of anilines is 1. The molecule has 0 radical (unpaired) electrons. The van der Waals surface area contributed by atoms with E-state index in [2.05, 4.69) is 36.1 Å². The molecule has 1 aromatic heterocycles. The molecule has 0 aliphatic heterocycles. The van der Waals surface area contributed by atoms with Crippen LogP contribution in [0, 0.1) is 5.92 Å². The third kappa shape index (κ3) is 5.52.